The van der Waals surface area contributed by atoms with Gasteiger partial charge in [0, 0.05) is 18.8 Å². The summed E-state index contributed by atoms with van der Waals surface area (Å²) in [6.45, 7) is 0. The molecular weight excluding hydrogens is 183 g/mol. The summed E-state index contributed by atoms with van der Waals surface area (Å²) < 4.78 is 19.2. The van der Waals surface area contributed by atoms with Gasteiger partial charge in [0.2, 0.25) is 0 Å². The Labute approximate surface area is 83.8 Å². The molecule has 1 saturated carbocycles. The second-order valence-corrected chi connectivity index (χ2v) is 4.45. The van der Waals surface area contributed by atoms with E-state index in [1.165, 1.54) is 6.42 Å². The maximum atomic E-state index is 14.3. The first-order valence-electron chi connectivity index (χ1n) is 5.61. The van der Waals surface area contributed by atoms with Crippen LogP contribution in [0, 0.1) is 5.92 Å². The van der Waals surface area contributed by atoms with E-state index in [2.05, 4.69) is 0 Å². The maximum Gasteiger partial charge on any atom is 0.308 e. The van der Waals surface area contributed by atoms with Crippen molar-refractivity contribution in [1.82, 2.24) is 0 Å². The second-order valence-electron chi connectivity index (χ2n) is 4.45. The molecule has 0 spiro atoms. The van der Waals surface area contributed by atoms with E-state index in [0.29, 0.717) is 19.3 Å². The molecule has 0 aromatic rings. The van der Waals surface area contributed by atoms with Crippen molar-refractivity contribution >= 4 is 5.97 Å². The number of carbonyl (C=O) groups excluding carboxylic acids is 1. The van der Waals surface area contributed by atoms with Gasteiger partial charge in [0.05, 0.1) is 0 Å². The van der Waals surface area contributed by atoms with Gasteiger partial charge in [0.1, 0.15) is 0 Å². The third-order valence-corrected chi connectivity index (χ3v) is 3.40. The van der Waals surface area contributed by atoms with Crippen molar-refractivity contribution in [2.45, 2.75) is 57.2 Å². The van der Waals surface area contributed by atoms with Crippen LogP contribution >= 0.6 is 0 Å². The van der Waals surface area contributed by atoms with Crippen molar-refractivity contribution in [2.24, 2.45) is 5.92 Å². The molecule has 3 heteroatoms. The maximum absolute atomic E-state index is 14.3. The molecular formula is C11H17FO2. The van der Waals surface area contributed by atoms with Crippen LogP contribution in [-0.4, -0.2) is 11.8 Å². The predicted octanol–water partition coefficient (Wildman–Crippen LogP) is 2.96. The second kappa shape index (κ2) is 3.87. The number of halogens is 1. The van der Waals surface area contributed by atoms with Gasteiger partial charge in [-0.3, -0.25) is 4.79 Å². The van der Waals surface area contributed by atoms with E-state index in [4.69, 9.17) is 4.74 Å². The molecule has 14 heavy (non-hydrogen) atoms. The van der Waals surface area contributed by atoms with Gasteiger partial charge in [-0.1, -0.05) is 19.3 Å². The molecule has 0 amide bonds. The SMILES string of the molecule is O=C1CCCC(F)(C2CCCCC2)O1. The first kappa shape index (κ1) is 9.94. The Morgan fingerprint density at radius 2 is 1.93 bits per heavy atom. The van der Waals surface area contributed by atoms with Gasteiger partial charge in [-0.15, -0.1) is 0 Å². The number of carbonyl (C=O) groups is 1. The first-order valence-corrected chi connectivity index (χ1v) is 5.61. The Bertz CT molecular complexity index is 223. The first-order chi connectivity index (χ1) is 6.71. The molecule has 1 saturated heterocycles. The van der Waals surface area contributed by atoms with Gasteiger partial charge >= 0.3 is 5.97 Å². The lowest BCUT2D eigenvalue weighted by molar-refractivity contribution is -0.214. The lowest BCUT2D eigenvalue weighted by atomic mass is 9.81. The van der Waals surface area contributed by atoms with Crippen LogP contribution in [0.15, 0.2) is 0 Å². The average Bonchev–Trinajstić information content (AvgIpc) is 2.19. The highest BCUT2D eigenvalue weighted by Gasteiger charge is 2.44. The van der Waals surface area contributed by atoms with Crippen LogP contribution in [0.5, 0.6) is 0 Å². The normalized spacial score (nSPS) is 35.4. The fourth-order valence-electron chi connectivity index (χ4n) is 2.59. The molecule has 1 aliphatic carbocycles. The lowest BCUT2D eigenvalue weighted by Crippen LogP contribution is -2.42. The van der Waals surface area contributed by atoms with Crippen LogP contribution in [0.3, 0.4) is 0 Å². The molecule has 0 bridgehead atoms. The lowest BCUT2D eigenvalue weighted by Gasteiger charge is -2.37. The quantitative estimate of drug-likeness (QED) is 0.608. The summed E-state index contributed by atoms with van der Waals surface area (Å²) in [5.41, 5.74) is 0. The summed E-state index contributed by atoms with van der Waals surface area (Å²) in [6.07, 6.45) is 6.55. The van der Waals surface area contributed by atoms with E-state index in [1.807, 2.05) is 0 Å². The van der Waals surface area contributed by atoms with Gasteiger partial charge < -0.3 is 4.74 Å². The van der Waals surface area contributed by atoms with Gasteiger partial charge in [0.15, 0.2) is 0 Å². The van der Waals surface area contributed by atoms with E-state index in [0.717, 1.165) is 25.7 Å². The summed E-state index contributed by atoms with van der Waals surface area (Å²) >= 11 is 0. The van der Waals surface area contributed by atoms with Crippen LogP contribution in [0.4, 0.5) is 4.39 Å². The van der Waals surface area contributed by atoms with Gasteiger partial charge in [-0.05, 0) is 19.3 Å². The highest BCUT2D eigenvalue weighted by molar-refractivity contribution is 5.70. The van der Waals surface area contributed by atoms with E-state index < -0.39 is 5.85 Å². The number of alkyl halides is 1. The van der Waals surface area contributed by atoms with Crippen LogP contribution < -0.4 is 0 Å². The zero-order chi connectivity index (χ0) is 10.0. The fraction of sp³-hybridized carbons (Fsp3) is 0.909. The smallest absolute Gasteiger partial charge is 0.308 e. The average molecular weight is 200 g/mol. The van der Waals surface area contributed by atoms with Crippen molar-refractivity contribution in [1.29, 1.82) is 0 Å². The summed E-state index contributed by atoms with van der Waals surface area (Å²) in [5, 5.41) is 0. The third-order valence-electron chi connectivity index (χ3n) is 3.40. The van der Waals surface area contributed by atoms with Crippen LogP contribution in [0.2, 0.25) is 0 Å². The molecule has 0 aromatic heterocycles. The third kappa shape index (κ3) is 1.91. The molecule has 1 heterocycles. The molecule has 1 aliphatic heterocycles. The minimum atomic E-state index is -1.63. The van der Waals surface area contributed by atoms with E-state index >= 15 is 0 Å². The molecule has 2 fully saturated rings. The van der Waals surface area contributed by atoms with Gasteiger partial charge in [0.25, 0.3) is 5.85 Å². The van der Waals surface area contributed by atoms with E-state index in [-0.39, 0.29) is 11.9 Å². The number of hydrogen-bond donors (Lipinski definition) is 0. The topological polar surface area (TPSA) is 26.3 Å². The Kier molecular flexibility index (Phi) is 2.75. The van der Waals surface area contributed by atoms with E-state index in [1.54, 1.807) is 0 Å². The summed E-state index contributed by atoms with van der Waals surface area (Å²) in [5.74, 6) is -2.03. The molecule has 1 unspecified atom stereocenters. The zero-order valence-electron chi connectivity index (χ0n) is 8.43. The molecule has 0 aromatic carbocycles. The number of cyclic esters (lactones) is 1. The highest BCUT2D eigenvalue weighted by Crippen LogP contribution is 2.41. The number of rotatable bonds is 1. The Morgan fingerprint density at radius 3 is 2.57 bits per heavy atom. The van der Waals surface area contributed by atoms with E-state index in [9.17, 15) is 9.18 Å². The standard InChI is InChI=1S/C11H17FO2/c12-11(8-4-7-10(13)14-11)9-5-2-1-3-6-9/h9H,1-8H2. The van der Waals surface area contributed by atoms with Crippen molar-refractivity contribution in [3.05, 3.63) is 0 Å². The summed E-state index contributed by atoms with van der Waals surface area (Å²) in [6, 6.07) is 0. The van der Waals surface area contributed by atoms with Crippen LogP contribution in [0.1, 0.15) is 51.4 Å². The zero-order valence-corrected chi connectivity index (χ0v) is 8.43. The Balaban J connectivity index is 2.01. The number of ether oxygens (including phenoxy) is 1. The van der Waals surface area contributed by atoms with Crippen molar-refractivity contribution in [3.8, 4) is 0 Å². The van der Waals surface area contributed by atoms with Crippen LogP contribution in [0.25, 0.3) is 0 Å². The molecule has 0 radical (unpaired) electrons. The minimum Gasteiger partial charge on any atom is -0.428 e. The Morgan fingerprint density at radius 1 is 1.21 bits per heavy atom. The molecule has 2 rings (SSSR count). The Hall–Kier alpha value is -0.600. The van der Waals surface area contributed by atoms with Gasteiger partial charge in [-0.2, -0.15) is 4.39 Å². The van der Waals surface area contributed by atoms with Crippen molar-refractivity contribution in [2.75, 3.05) is 0 Å². The monoisotopic (exact) mass is 200 g/mol. The van der Waals surface area contributed by atoms with Gasteiger partial charge in [-0.25, -0.2) is 0 Å². The van der Waals surface area contributed by atoms with Crippen molar-refractivity contribution in [3.63, 3.8) is 0 Å². The summed E-state index contributed by atoms with van der Waals surface area (Å²) in [4.78, 5) is 11.1. The predicted molar refractivity (Wildman–Crippen MR) is 50.4 cm³/mol. The largest absolute Gasteiger partial charge is 0.428 e. The fourth-order valence-corrected chi connectivity index (χ4v) is 2.59. The minimum absolute atomic E-state index is 0.0412. The molecule has 80 valence electrons. The molecule has 1 atom stereocenters. The summed E-state index contributed by atoms with van der Waals surface area (Å²) in [7, 11) is 0. The molecule has 0 N–H and O–H groups in total. The van der Waals surface area contributed by atoms with Crippen LogP contribution in [-0.2, 0) is 9.53 Å². The molecule has 2 aliphatic rings. The molecule has 2 nitrogen and oxygen atoms in total. The van der Waals surface area contributed by atoms with Crippen molar-refractivity contribution < 1.29 is 13.9 Å². The number of esters is 1. The number of hydrogen-bond acceptors (Lipinski definition) is 2. The highest BCUT2D eigenvalue weighted by atomic mass is 19.2.